The molecule has 1 amide bonds. The lowest BCUT2D eigenvalue weighted by Gasteiger charge is -2.30. The van der Waals surface area contributed by atoms with Crippen LogP contribution >= 0.6 is 35.8 Å². The van der Waals surface area contributed by atoms with E-state index in [4.69, 9.17) is 28.4 Å². The number of fused-ring (bicyclic) bond motifs is 2. The average Bonchev–Trinajstić information content (AvgIpc) is 3.66. The Morgan fingerprint density at radius 3 is 2.62 bits per heavy atom. The third kappa shape index (κ3) is 5.41. The Bertz CT molecular complexity index is 1210. The van der Waals surface area contributed by atoms with E-state index in [9.17, 15) is 9.18 Å². The van der Waals surface area contributed by atoms with Gasteiger partial charge in [-0.05, 0) is 98.2 Å². The highest BCUT2D eigenvalue weighted by molar-refractivity contribution is 8.26. The summed E-state index contributed by atoms with van der Waals surface area (Å²) in [6, 6.07) is 8.61. The van der Waals surface area contributed by atoms with Gasteiger partial charge in [-0.1, -0.05) is 30.4 Å². The van der Waals surface area contributed by atoms with Gasteiger partial charge in [0.15, 0.2) is 0 Å². The van der Waals surface area contributed by atoms with Crippen molar-refractivity contribution in [1.82, 2.24) is 14.2 Å². The lowest BCUT2D eigenvalue weighted by Crippen LogP contribution is -2.42. The smallest absolute Gasteiger partial charge is 0.266 e. The minimum atomic E-state index is -0.280. The fourth-order valence-electron chi connectivity index (χ4n) is 6.37. The van der Waals surface area contributed by atoms with Crippen molar-refractivity contribution in [1.29, 1.82) is 0 Å². The lowest BCUT2D eigenvalue weighted by atomic mass is 9.94. The van der Waals surface area contributed by atoms with Gasteiger partial charge in [0, 0.05) is 43.9 Å². The molecule has 0 N–H and O–H groups in total. The van der Waals surface area contributed by atoms with Crippen LogP contribution < -0.4 is 0 Å². The molecule has 2 aromatic rings. The molecule has 1 aromatic heterocycles. The number of hydrogen-bond donors (Lipinski definition) is 0. The van der Waals surface area contributed by atoms with Gasteiger partial charge < -0.3 is 9.32 Å². The predicted molar refractivity (Wildman–Crippen MR) is 151 cm³/mol. The Morgan fingerprint density at radius 1 is 1.14 bits per heavy atom. The van der Waals surface area contributed by atoms with Gasteiger partial charge in [-0.3, -0.25) is 9.69 Å². The fraction of sp³-hybridized carbons (Fsp3) is 0.500. The minimum absolute atomic E-state index is 0.0113. The second-order valence-corrected chi connectivity index (χ2v) is 12.8. The largest absolute Gasteiger partial charge is 0.456 e. The molecule has 4 aliphatic rings. The van der Waals surface area contributed by atoms with E-state index in [2.05, 4.69) is 4.90 Å². The summed E-state index contributed by atoms with van der Waals surface area (Å²) in [7, 11) is 0. The van der Waals surface area contributed by atoms with Crippen LogP contribution in [0.2, 0.25) is 0 Å². The van der Waals surface area contributed by atoms with Crippen molar-refractivity contribution in [3.63, 3.8) is 0 Å². The van der Waals surface area contributed by atoms with Crippen molar-refractivity contribution in [2.75, 3.05) is 32.7 Å². The maximum atomic E-state index is 13.5. The highest BCUT2D eigenvalue weighted by atomic mass is 35.5. The quantitative estimate of drug-likeness (QED) is 0.229. The summed E-state index contributed by atoms with van der Waals surface area (Å²) in [4.78, 5) is 18.4. The number of halogens is 2. The maximum Gasteiger partial charge on any atom is 0.266 e. The summed E-state index contributed by atoms with van der Waals surface area (Å²) in [6.45, 7) is 4.66. The summed E-state index contributed by atoms with van der Waals surface area (Å²) in [5, 5.41) is 0. The van der Waals surface area contributed by atoms with Gasteiger partial charge in [-0.15, -0.1) is 0 Å². The normalized spacial score (nSPS) is 27.8. The van der Waals surface area contributed by atoms with E-state index in [1.54, 1.807) is 12.1 Å². The standard InChI is InChI=1S/C28H31ClFN3O2S2/c29-32-12-10-31(11-13-32)9-1-2-21-16-24(19-5-7-22(30)8-6-19)35-25(21)17-26-27(34)33(28(36)37-26)23-15-18-3-4-20(23)14-18/h5-8,16-18,20,23H,1-4,9-15H2/b26-17-. The molecule has 5 nitrogen and oxygen atoms in total. The molecule has 1 aromatic carbocycles. The van der Waals surface area contributed by atoms with Crippen LogP contribution in [0.5, 0.6) is 0 Å². The molecule has 196 valence electrons. The van der Waals surface area contributed by atoms with E-state index in [-0.39, 0.29) is 17.8 Å². The number of aryl methyl sites for hydroxylation is 1. The van der Waals surface area contributed by atoms with E-state index < -0.39 is 0 Å². The molecule has 4 fully saturated rings. The predicted octanol–water partition coefficient (Wildman–Crippen LogP) is 6.18. The Labute approximate surface area is 232 Å². The van der Waals surface area contributed by atoms with Crippen molar-refractivity contribution in [3.05, 3.63) is 52.4 Å². The van der Waals surface area contributed by atoms with Gasteiger partial charge in [0.1, 0.15) is 21.7 Å². The maximum absolute atomic E-state index is 13.5. The molecule has 9 heteroatoms. The highest BCUT2D eigenvalue weighted by Crippen LogP contribution is 2.49. The number of thiocarbonyl (C=S) groups is 1. The summed E-state index contributed by atoms with van der Waals surface area (Å²) in [6.07, 6.45) is 8.46. The van der Waals surface area contributed by atoms with Crippen LogP contribution in [0.15, 0.2) is 39.7 Å². The molecule has 6 rings (SSSR count). The molecule has 3 atom stereocenters. The first-order valence-corrected chi connectivity index (χ1v) is 14.8. The molecule has 3 unspecified atom stereocenters. The molecule has 37 heavy (non-hydrogen) atoms. The van der Waals surface area contributed by atoms with Crippen molar-refractivity contribution in [2.24, 2.45) is 11.8 Å². The number of hydrogen-bond acceptors (Lipinski definition) is 6. The minimum Gasteiger partial charge on any atom is -0.456 e. The monoisotopic (exact) mass is 559 g/mol. The van der Waals surface area contributed by atoms with Crippen LogP contribution in [0.3, 0.4) is 0 Å². The first kappa shape index (κ1) is 25.6. The number of amides is 1. The number of benzene rings is 1. The summed E-state index contributed by atoms with van der Waals surface area (Å²) in [5.74, 6) is 2.43. The van der Waals surface area contributed by atoms with E-state index in [0.29, 0.717) is 26.7 Å². The summed E-state index contributed by atoms with van der Waals surface area (Å²) in [5.41, 5.74) is 1.87. The van der Waals surface area contributed by atoms with E-state index >= 15 is 0 Å². The zero-order chi connectivity index (χ0) is 25.5. The van der Waals surface area contributed by atoms with Crippen molar-refractivity contribution in [2.45, 2.75) is 44.6 Å². The molecule has 0 spiro atoms. The van der Waals surface area contributed by atoms with Crippen LogP contribution in [-0.2, 0) is 11.2 Å². The van der Waals surface area contributed by atoms with E-state index in [1.165, 1.54) is 43.2 Å². The van der Waals surface area contributed by atoms with Gasteiger partial charge in [0.05, 0.1) is 4.91 Å². The van der Waals surface area contributed by atoms with Gasteiger partial charge in [-0.25, -0.2) is 8.81 Å². The summed E-state index contributed by atoms with van der Waals surface area (Å²) >= 11 is 13.2. The Kier molecular flexibility index (Phi) is 7.47. The van der Waals surface area contributed by atoms with Gasteiger partial charge in [0.2, 0.25) is 0 Å². The number of carbonyl (C=O) groups is 1. The van der Waals surface area contributed by atoms with Crippen LogP contribution in [0.25, 0.3) is 17.4 Å². The third-order valence-corrected chi connectivity index (χ3v) is 10.00. The average molecular weight is 560 g/mol. The lowest BCUT2D eigenvalue weighted by molar-refractivity contribution is -0.124. The number of piperazine rings is 1. The molecule has 2 aliphatic carbocycles. The van der Waals surface area contributed by atoms with E-state index in [0.717, 1.165) is 69.0 Å². The van der Waals surface area contributed by atoms with Crippen molar-refractivity contribution in [3.8, 4) is 11.3 Å². The molecule has 2 saturated heterocycles. The molecule has 0 radical (unpaired) electrons. The summed E-state index contributed by atoms with van der Waals surface area (Å²) < 4.78 is 22.3. The number of carbonyl (C=O) groups excluding carboxylic acids is 1. The Hall–Kier alpha value is -1.71. The highest BCUT2D eigenvalue weighted by Gasteiger charge is 2.48. The third-order valence-electron chi connectivity index (χ3n) is 8.33. The van der Waals surface area contributed by atoms with Gasteiger partial charge in [-0.2, -0.15) is 0 Å². The SMILES string of the molecule is O=C1/C(=C/c2oc(-c3ccc(F)cc3)cc2CCCN2CCN(Cl)CC2)SC(=S)N1C1CC2CCC1C2. The molecule has 3 heterocycles. The van der Waals surface area contributed by atoms with Crippen LogP contribution in [0, 0.1) is 17.7 Å². The van der Waals surface area contributed by atoms with E-state index in [1.807, 2.05) is 21.5 Å². The van der Waals surface area contributed by atoms with Crippen LogP contribution in [0.1, 0.15) is 43.4 Å². The van der Waals surface area contributed by atoms with Crippen LogP contribution in [0.4, 0.5) is 4.39 Å². The van der Waals surface area contributed by atoms with Gasteiger partial charge in [0.25, 0.3) is 5.91 Å². The number of furan rings is 1. The zero-order valence-corrected chi connectivity index (χ0v) is 23.1. The molecule has 2 aliphatic heterocycles. The van der Waals surface area contributed by atoms with Crippen molar-refractivity contribution < 1.29 is 13.6 Å². The zero-order valence-electron chi connectivity index (χ0n) is 20.7. The molecule has 2 bridgehead atoms. The van der Waals surface area contributed by atoms with Gasteiger partial charge >= 0.3 is 0 Å². The number of rotatable bonds is 7. The molecular formula is C28H31ClFN3O2S2. The fourth-order valence-corrected chi connectivity index (χ4v) is 7.86. The first-order valence-electron chi connectivity index (χ1n) is 13.2. The van der Waals surface area contributed by atoms with Crippen molar-refractivity contribution >= 4 is 52.1 Å². The molecular weight excluding hydrogens is 529 g/mol. The Morgan fingerprint density at radius 2 is 1.92 bits per heavy atom. The second-order valence-electron chi connectivity index (χ2n) is 10.7. The topological polar surface area (TPSA) is 39.9 Å². The second kappa shape index (κ2) is 10.8. The van der Waals surface area contributed by atoms with Crippen LogP contribution in [-0.4, -0.2) is 63.2 Å². The Balaban J connectivity index is 1.22. The molecule has 2 saturated carbocycles. The number of nitrogens with zero attached hydrogens (tertiary/aromatic N) is 3. The number of thioether (sulfide) groups is 1. The first-order chi connectivity index (χ1) is 17.9.